The molecule has 4 rings (SSSR count). The number of nitrogens with zero attached hydrogens (tertiary/aromatic N) is 2. The van der Waals surface area contributed by atoms with Crippen LogP contribution in [0.1, 0.15) is 0 Å². The van der Waals surface area contributed by atoms with E-state index >= 15 is 0 Å². The quantitative estimate of drug-likeness (QED) is 0.289. The van der Waals surface area contributed by atoms with Crippen molar-refractivity contribution in [1.82, 2.24) is 9.97 Å². The van der Waals surface area contributed by atoms with Gasteiger partial charge >= 0.3 is 0 Å². The van der Waals surface area contributed by atoms with Crippen LogP contribution in [0.3, 0.4) is 0 Å². The maximum absolute atomic E-state index is 4.79. The number of halogens is 1. The maximum Gasteiger partial charge on any atom is 0.160 e. The molecule has 0 atom stereocenters. The molecule has 3 aromatic carbocycles. The van der Waals surface area contributed by atoms with Gasteiger partial charge < -0.3 is 0 Å². The lowest BCUT2D eigenvalue weighted by Gasteiger charge is -2.08. The van der Waals surface area contributed by atoms with Gasteiger partial charge in [-0.05, 0) is 45.9 Å². The van der Waals surface area contributed by atoms with Crippen molar-refractivity contribution in [2.75, 3.05) is 0 Å². The van der Waals surface area contributed by atoms with E-state index < -0.39 is 0 Å². The molecule has 25 heavy (non-hydrogen) atoms. The molecule has 0 bridgehead atoms. The summed E-state index contributed by atoms with van der Waals surface area (Å²) in [6.45, 7) is 0. The van der Waals surface area contributed by atoms with Crippen molar-refractivity contribution in [3.05, 3.63) is 94.7 Å². The van der Waals surface area contributed by atoms with Gasteiger partial charge in [0.25, 0.3) is 0 Å². The maximum atomic E-state index is 4.79. The molecule has 0 unspecified atom stereocenters. The highest BCUT2D eigenvalue weighted by atomic mass is 127. The largest absolute Gasteiger partial charge is 0.228 e. The smallest absolute Gasteiger partial charge is 0.160 e. The normalized spacial score (nSPS) is 10.6. The van der Waals surface area contributed by atoms with Crippen LogP contribution in [0, 0.1) is 3.70 Å². The molecule has 1 aromatic heterocycles. The zero-order valence-electron chi connectivity index (χ0n) is 13.4. The van der Waals surface area contributed by atoms with Crippen molar-refractivity contribution < 1.29 is 0 Å². The van der Waals surface area contributed by atoms with Gasteiger partial charge in [0, 0.05) is 11.1 Å². The van der Waals surface area contributed by atoms with Crippen LogP contribution in [0.25, 0.3) is 33.8 Å². The minimum Gasteiger partial charge on any atom is -0.228 e. The summed E-state index contributed by atoms with van der Waals surface area (Å²) in [6, 6.07) is 31.0. The highest BCUT2D eigenvalue weighted by Crippen LogP contribution is 2.27. The summed E-state index contributed by atoms with van der Waals surface area (Å²) < 4.78 is 0.937. The average Bonchev–Trinajstić information content (AvgIpc) is 2.69. The zero-order valence-corrected chi connectivity index (χ0v) is 15.6. The Bertz CT molecular complexity index is 999. The van der Waals surface area contributed by atoms with Crippen LogP contribution in [-0.4, -0.2) is 9.97 Å². The van der Waals surface area contributed by atoms with Gasteiger partial charge in [0.2, 0.25) is 0 Å². The Morgan fingerprint density at radius 3 is 1.84 bits per heavy atom. The number of aromatic nitrogens is 2. The summed E-state index contributed by atoms with van der Waals surface area (Å²) in [4.78, 5) is 9.38. The monoisotopic (exact) mass is 434 g/mol. The lowest BCUT2D eigenvalue weighted by Crippen LogP contribution is -1.95. The molecule has 3 heteroatoms. The first-order chi connectivity index (χ1) is 12.3. The second-order valence-corrected chi connectivity index (χ2v) is 6.82. The Morgan fingerprint density at radius 1 is 0.520 bits per heavy atom. The molecule has 0 saturated heterocycles. The number of hydrogen-bond acceptors (Lipinski definition) is 2. The predicted octanol–water partition coefficient (Wildman–Crippen LogP) is 6.08. The molecule has 2 nitrogen and oxygen atoms in total. The van der Waals surface area contributed by atoms with Crippen LogP contribution in [0.15, 0.2) is 91.0 Å². The van der Waals surface area contributed by atoms with E-state index in [0.717, 1.165) is 26.3 Å². The van der Waals surface area contributed by atoms with E-state index in [1.165, 1.54) is 11.1 Å². The Kier molecular flexibility index (Phi) is 4.57. The highest BCUT2D eigenvalue weighted by molar-refractivity contribution is 14.1. The van der Waals surface area contributed by atoms with Gasteiger partial charge in [-0.2, -0.15) is 0 Å². The van der Waals surface area contributed by atoms with Crippen molar-refractivity contribution in [3.8, 4) is 33.8 Å². The van der Waals surface area contributed by atoms with Gasteiger partial charge in [0.15, 0.2) is 5.82 Å². The van der Waals surface area contributed by atoms with Gasteiger partial charge in [-0.3, -0.25) is 0 Å². The van der Waals surface area contributed by atoms with Crippen molar-refractivity contribution in [2.24, 2.45) is 0 Å². The molecule has 0 aliphatic rings. The Labute approximate surface area is 160 Å². The van der Waals surface area contributed by atoms with Crippen LogP contribution in [0.5, 0.6) is 0 Å². The van der Waals surface area contributed by atoms with E-state index in [2.05, 4.69) is 76.1 Å². The number of rotatable bonds is 3. The van der Waals surface area contributed by atoms with Crippen LogP contribution in [0.2, 0.25) is 0 Å². The average molecular weight is 434 g/mol. The summed E-state index contributed by atoms with van der Waals surface area (Å²) >= 11 is 2.25. The second kappa shape index (κ2) is 7.15. The molecule has 0 radical (unpaired) electrons. The molecule has 0 saturated carbocycles. The second-order valence-electron chi connectivity index (χ2n) is 5.71. The van der Waals surface area contributed by atoms with E-state index in [1.807, 2.05) is 42.5 Å². The third-order valence-electron chi connectivity index (χ3n) is 3.99. The number of benzene rings is 3. The molecule has 0 fully saturated rings. The standard InChI is InChI=1S/C22H15IN2/c23-21-15-20(24-22(25-21)17-10-5-2-6-11-17)19-13-7-12-18(14-19)16-8-3-1-4-9-16/h1-15H. The van der Waals surface area contributed by atoms with Gasteiger partial charge in [0.05, 0.1) is 5.69 Å². The lowest BCUT2D eigenvalue weighted by molar-refractivity contribution is 1.15. The molecule has 0 aliphatic carbocycles. The summed E-state index contributed by atoms with van der Waals surface area (Å²) in [6.07, 6.45) is 0. The molecule has 0 spiro atoms. The highest BCUT2D eigenvalue weighted by Gasteiger charge is 2.08. The van der Waals surface area contributed by atoms with Crippen LogP contribution in [0.4, 0.5) is 0 Å². The van der Waals surface area contributed by atoms with Gasteiger partial charge in [-0.1, -0.05) is 78.9 Å². The Balaban J connectivity index is 1.79. The first-order valence-corrected chi connectivity index (χ1v) is 9.13. The summed E-state index contributed by atoms with van der Waals surface area (Å²) in [5.74, 6) is 0.757. The molecular weight excluding hydrogens is 419 g/mol. The van der Waals surface area contributed by atoms with Gasteiger partial charge in [-0.15, -0.1) is 0 Å². The molecule has 1 heterocycles. The molecule has 120 valence electrons. The van der Waals surface area contributed by atoms with E-state index in [9.17, 15) is 0 Å². The first-order valence-electron chi connectivity index (χ1n) is 8.05. The van der Waals surface area contributed by atoms with Crippen molar-refractivity contribution in [1.29, 1.82) is 0 Å². The lowest BCUT2D eigenvalue weighted by atomic mass is 10.0. The van der Waals surface area contributed by atoms with Crippen LogP contribution >= 0.6 is 22.6 Å². The Morgan fingerprint density at radius 2 is 1.12 bits per heavy atom. The van der Waals surface area contributed by atoms with E-state index in [0.29, 0.717) is 0 Å². The Hall–Kier alpha value is -2.53. The molecule has 0 amide bonds. The van der Waals surface area contributed by atoms with Crippen molar-refractivity contribution in [2.45, 2.75) is 0 Å². The third kappa shape index (κ3) is 3.61. The number of hydrogen-bond donors (Lipinski definition) is 0. The third-order valence-corrected chi connectivity index (χ3v) is 4.54. The van der Waals surface area contributed by atoms with E-state index in [-0.39, 0.29) is 0 Å². The molecule has 0 N–H and O–H groups in total. The molecule has 0 aliphatic heterocycles. The van der Waals surface area contributed by atoms with E-state index in [4.69, 9.17) is 4.98 Å². The topological polar surface area (TPSA) is 25.8 Å². The fourth-order valence-corrected chi connectivity index (χ4v) is 3.29. The van der Waals surface area contributed by atoms with Gasteiger partial charge in [0.1, 0.15) is 3.70 Å². The minimum absolute atomic E-state index is 0.757. The van der Waals surface area contributed by atoms with Gasteiger partial charge in [-0.25, -0.2) is 9.97 Å². The van der Waals surface area contributed by atoms with Crippen LogP contribution in [-0.2, 0) is 0 Å². The minimum atomic E-state index is 0.757. The first kappa shape index (κ1) is 16.0. The molecular formula is C22H15IN2. The zero-order chi connectivity index (χ0) is 17.1. The van der Waals surface area contributed by atoms with E-state index in [1.54, 1.807) is 0 Å². The van der Waals surface area contributed by atoms with Crippen molar-refractivity contribution >= 4 is 22.6 Å². The molecule has 4 aromatic rings. The fraction of sp³-hybridized carbons (Fsp3) is 0. The SMILES string of the molecule is Ic1cc(-c2cccc(-c3ccccc3)c2)nc(-c2ccccc2)n1. The summed E-state index contributed by atoms with van der Waals surface area (Å²) in [5, 5.41) is 0. The predicted molar refractivity (Wildman–Crippen MR) is 111 cm³/mol. The van der Waals surface area contributed by atoms with Crippen LogP contribution < -0.4 is 0 Å². The summed E-state index contributed by atoms with van der Waals surface area (Å²) in [7, 11) is 0. The van der Waals surface area contributed by atoms with Crippen molar-refractivity contribution in [3.63, 3.8) is 0 Å². The fourth-order valence-electron chi connectivity index (χ4n) is 2.77. The summed E-state index contributed by atoms with van der Waals surface area (Å²) in [5.41, 5.74) is 5.46.